The van der Waals surface area contributed by atoms with Gasteiger partial charge in [0.1, 0.15) is 17.2 Å². The molecule has 0 fully saturated rings. The second-order valence-corrected chi connectivity index (χ2v) is 4.34. The van der Waals surface area contributed by atoms with Crippen molar-refractivity contribution in [1.82, 2.24) is 0 Å². The number of rotatable bonds is 3. The minimum Gasteiger partial charge on any atom is -0.508 e. The van der Waals surface area contributed by atoms with Gasteiger partial charge in [0.2, 0.25) is 0 Å². The number of nitrogens with zero attached hydrogens (tertiary/aromatic N) is 1. The molecule has 0 atom stereocenters. The molecule has 116 valence electrons. The maximum atomic E-state index is 12.4. The number of hydrogen-bond donors (Lipinski definition) is 4. The molecule has 0 aromatic heterocycles. The number of hydrogen-bond acceptors (Lipinski definition) is 5. The molecule has 4 N–H and O–H groups in total. The predicted molar refractivity (Wildman–Crippen MR) is 74.1 cm³/mol. The van der Waals surface area contributed by atoms with E-state index < -0.39 is 23.2 Å². The summed E-state index contributed by atoms with van der Waals surface area (Å²) in [6.45, 7) is 0. The third kappa shape index (κ3) is 3.60. The number of nitrogens with one attached hydrogen (secondary N) is 1. The molecule has 0 amide bonds. The van der Waals surface area contributed by atoms with Crippen LogP contribution in [-0.2, 0) is 6.18 Å². The third-order valence-electron chi connectivity index (χ3n) is 2.72. The van der Waals surface area contributed by atoms with Gasteiger partial charge in [0, 0.05) is 12.1 Å². The fraction of sp³-hybridized carbons (Fsp3) is 0.0714. The second kappa shape index (κ2) is 5.84. The number of anilines is 1. The normalized spacial score (nSPS) is 11.8. The number of hydrazone groups is 1. The summed E-state index contributed by atoms with van der Waals surface area (Å²) in [5.41, 5.74) is 1.93. The lowest BCUT2D eigenvalue weighted by Gasteiger charge is -2.07. The first-order valence-corrected chi connectivity index (χ1v) is 5.98. The molecule has 0 aliphatic rings. The first-order chi connectivity index (χ1) is 10.3. The first-order valence-electron chi connectivity index (χ1n) is 5.98. The van der Waals surface area contributed by atoms with Crippen molar-refractivity contribution in [2.45, 2.75) is 6.18 Å². The van der Waals surface area contributed by atoms with E-state index in [0.29, 0.717) is 5.69 Å². The zero-order valence-corrected chi connectivity index (χ0v) is 11.0. The van der Waals surface area contributed by atoms with E-state index in [9.17, 15) is 23.4 Å². The van der Waals surface area contributed by atoms with Crippen LogP contribution in [0.25, 0.3) is 0 Å². The van der Waals surface area contributed by atoms with Crippen LogP contribution in [0, 0.1) is 0 Å². The molecule has 5 nitrogen and oxygen atoms in total. The molecule has 0 saturated carbocycles. The topological polar surface area (TPSA) is 85.1 Å². The average Bonchev–Trinajstić information content (AvgIpc) is 2.41. The van der Waals surface area contributed by atoms with E-state index in [1.54, 1.807) is 0 Å². The summed E-state index contributed by atoms with van der Waals surface area (Å²) in [4.78, 5) is 0. The summed E-state index contributed by atoms with van der Waals surface area (Å²) in [7, 11) is 0. The van der Waals surface area contributed by atoms with Gasteiger partial charge in [-0.05, 0) is 24.3 Å². The zero-order chi connectivity index (χ0) is 16.3. The smallest absolute Gasteiger partial charge is 0.416 e. The SMILES string of the molecule is Oc1cc(O)c(C=NNc2ccc(C(F)(F)F)cc2)c(O)c1. The highest BCUT2D eigenvalue weighted by Crippen LogP contribution is 2.31. The van der Waals surface area contributed by atoms with Crippen LogP contribution in [-0.4, -0.2) is 21.5 Å². The molecular formula is C14H11F3N2O3. The van der Waals surface area contributed by atoms with Crippen molar-refractivity contribution >= 4 is 11.9 Å². The molecule has 2 rings (SSSR count). The summed E-state index contributed by atoms with van der Waals surface area (Å²) in [5, 5.41) is 31.9. The highest BCUT2D eigenvalue weighted by molar-refractivity contribution is 5.88. The second-order valence-electron chi connectivity index (χ2n) is 4.34. The van der Waals surface area contributed by atoms with E-state index in [1.807, 2.05) is 0 Å². The van der Waals surface area contributed by atoms with Crippen molar-refractivity contribution in [2.24, 2.45) is 5.10 Å². The van der Waals surface area contributed by atoms with Gasteiger partial charge in [-0.2, -0.15) is 18.3 Å². The van der Waals surface area contributed by atoms with E-state index >= 15 is 0 Å². The lowest BCUT2D eigenvalue weighted by molar-refractivity contribution is -0.137. The van der Waals surface area contributed by atoms with Crippen molar-refractivity contribution in [3.63, 3.8) is 0 Å². The van der Waals surface area contributed by atoms with Gasteiger partial charge in [0.25, 0.3) is 0 Å². The number of halogens is 3. The van der Waals surface area contributed by atoms with Gasteiger partial charge in [0.05, 0.1) is 23.0 Å². The predicted octanol–water partition coefficient (Wildman–Crippen LogP) is 3.27. The van der Waals surface area contributed by atoms with Crippen LogP contribution < -0.4 is 5.43 Å². The van der Waals surface area contributed by atoms with Crippen LogP contribution >= 0.6 is 0 Å². The lowest BCUT2D eigenvalue weighted by atomic mass is 10.2. The Morgan fingerprint density at radius 3 is 2.00 bits per heavy atom. The number of aromatic hydroxyl groups is 3. The van der Waals surface area contributed by atoms with E-state index in [4.69, 9.17) is 5.11 Å². The largest absolute Gasteiger partial charge is 0.508 e. The molecule has 22 heavy (non-hydrogen) atoms. The molecule has 0 bridgehead atoms. The van der Waals surface area contributed by atoms with Crippen LogP contribution in [0.4, 0.5) is 18.9 Å². The summed E-state index contributed by atoms with van der Waals surface area (Å²) in [6.07, 6.45) is -3.34. The summed E-state index contributed by atoms with van der Waals surface area (Å²) in [6, 6.07) is 6.20. The molecule has 0 unspecified atom stereocenters. The van der Waals surface area contributed by atoms with Crippen LogP contribution in [0.2, 0.25) is 0 Å². The fourth-order valence-corrected chi connectivity index (χ4v) is 1.65. The highest BCUT2D eigenvalue weighted by atomic mass is 19.4. The van der Waals surface area contributed by atoms with Gasteiger partial charge in [0.15, 0.2) is 0 Å². The monoisotopic (exact) mass is 312 g/mol. The van der Waals surface area contributed by atoms with Gasteiger partial charge < -0.3 is 15.3 Å². The Hall–Kier alpha value is -2.90. The van der Waals surface area contributed by atoms with Gasteiger partial charge >= 0.3 is 6.18 Å². The van der Waals surface area contributed by atoms with Crippen molar-refractivity contribution in [3.8, 4) is 17.2 Å². The van der Waals surface area contributed by atoms with E-state index in [1.165, 1.54) is 12.1 Å². The molecular weight excluding hydrogens is 301 g/mol. The maximum absolute atomic E-state index is 12.4. The molecule has 8 heteroatoms. The van der Waals surface area contributed by atoms with Crippen LogP contribution in [0.3, 0.4) is 0 Å². The lowest BCUT2D eigenvalue weighted by Crippen LogP contribution is -2.04. The zero-order valence-electron chi connectivity index (χ0n) is 11.0. The summed E-state index contributed by atoms with van der Waals surface area (Å²) < 4.78 is 37.2. The fourth-order valence-electron chi connectivity index (χ4n) is 1.65. The number of benzene rings is 2. The molecule has 0 aliphatic heterocycles. The van der Waals surface area contributed by atoms with Crippen LogP contribution in [0.15, 0.2) is 41.5 Å². The number of phenolic OH excluding ortho intramolecular Hbond substituents is 3. The Kier molecular flexibility index (Phi) is 4.11. The van der Waals surface area contributed by atoms with Crippen molar-refractivity contribution < 1.29 is 28.5 Å². The summed E-state index contributed by atoms with van der Waals surface area (Å²) in [5.74, 6) is -1.10. The minimum absolute atomic E-state index is 0.0442. The molecule has 0 aliphatic carbocycles. The highest BCUT2D eigenvalue weighted by Gasteiger charge is 2.29. The number of alkyl halides is 3. The van der Waals surface area contributed by atoms with Crippen molar-refractivity contribution in [3.05, 3.63) is 47.5 Å². The molecule has 0 saturated heterocycles. The first kappa shape index (κ1) is 15.5. The molecule has 0 radical (unpaired) electrons. The molecule has 0 heterocycles. The molecule has 2 aromatic rings. The maximum Gasteiger partial charge on any atom is 0.416 e. The van der Waals surface area contributed by atoms with Crippen LogP contribution in [0.1, 0.15) is 11.1 Å². The summed E-state index contributed by atoms with van der Waals surface area (Å²) >= 11 is 0. The van der Waals surface area contributed by atoms with Gasteiger partial charge in [-0.15, -0.1) is 0 Å². The van der Waals surface area contributed by atoms with E-state index in [0.717, 1.165) is 30.5 Å². The van der Waals surface area contributed by atoms with Crippen molar-refractivity contribution in [1.29, 1.82) is 0 Å². The Morgan fingerprint density at radius 1 is 0.955 bits per heavy atom. The minimum atomic E-state index is -4.41. The standard InChI is InChI=1S/C14H11F3N2O3/c15-14(16,17)8-1-3-9(4-2-8)19-18-7-11-12(21)5-10(20)6-13(11)22/h1-7,19-22H. The van der Waals surface area contributed by atoms with Gasteiger partial charge in [-0.25, -0.2) is 0 Å². The van der Waals surface area contributed by atoms with Gasteiger partial charge in [-0.1, -0.05) is 0 Å². The number of phenols is 3. The molecule has 2 aromatic carbocycles. The quantitative estimate of drug-likeness (QED) is 0.517. The Morgan fingerprint density at radius 2 is 1.50 bits per heavy atom. The van der Waals surface area contributed by atoms with Crippen LogP contribution in [0.5, 0.6) is 17.2 Å². The Labute approximate surface area is 123 Å². The van der Waals surface area contributed by atoms with Gasteiger partial charge in [-0.3, -0.25) is 5.43 Å². The van der Waals surface area contributed by atoms with E-state index in [2.05, 4.69) is 10.5 Å². The van der Waals surface area contributed by atoms with E-state index in [-0.39, 0.29) is 11.3 Å². The van der Waals surface area contributed by atoms with Crippen molar-refractivity contribution in [2.75, 3.05) is 5.43 Å². The third-order valence-corrected chi connectivity index (χ3v) is 2.72. The Balaban J connectivity index is 2.10. The molecule has 0 spiro atoms. The average molecular weight is 312 g/mol. The Bertz CT molecular complexity index is 674.